The average Bonchev–Trinajstić information content (AvgIpc) is 2.20. The Labute approximate surface area is 96.9 Å². The molecule has 0 aliphatic heterocycles. The van der Waals surface area contributed by atoms with Gasteiger partial charge >= 0.3 is 0 Å². The van der Waals surface area contributed by atoms with Gasteiger partial charge in [0.05, 0.1) is 5.25 Å². The van der Waals surface area contributed by atoms with Gasteiger partial charge in [-0.25, -0.2) is 13.1 Å². The Morgan fingerprint density at radius 1 is 1.25 bits per heavy atom. The second-order valence-corrected chi connectivity index (χ2v) is 6.30. The summed E-state index contributed by atoms with van der Waals surface area (Å²) in [6.45, 7) is 3.74. The van der Waals surface area contributed by atoms with Crippen LogP contribution in [0.2, 0.25) is 0 Å². The lowest BCUT2D eigenvalue weighted by molar-refractivity contribution is 0.572. The molecule has 0 bridgehead atoms. The third-order valence-corrected chi connectivity index (χ3v) is 4.16. The molecule has 0 unspecified atom stereocenters. The fourth-order valence-electron chi connectivity index (χ4n) is 1.19. The second-order valence-electron chi connectivity index (χ2n) is 3.98. The van der Waals surface area contributed by atoms with E-state index < -0.39 is 10.0 Å². The lowest BCUT2D eigenvalue weighted by Gasteiger charge is -2.09. The number of rotatable bonds is 5. The highest BCUT2D eigenvalue weighted by Gasteiger charge is 2.14. The molecular formula is C11H18N2O2S. The Balaban J connectivity index is 2.45. The molecule has 3 N–H and O–H groups in total. The molecule has 0 aliphatic carbocycles. The molecule has 90 valence electrons. The summed E-state index contributed by atoms with van der Waals surface area (Å²) in [5.41, 5.74) is 7.34. The number of hydrogen-bond donors (Lipinski definition) is 2. The van der Waals surface area contributed by atoms with Crippen molar-refractivity contribution in [2.45, 2.75) is 25.5 Å². The molecule has 0 aliphatic rings. The predicted molar refractivity (Wildman–Crippen MR) is 66.6 cm³/mol. The zero-order chi connectivity index (χ0) is 12.2. The van der Waals surface area contributed by atoms with Crippen molar-refractivity contribution in [1.82, 2.24) is 4.72 Å². The van der Waals surface area contributed by atoms with Gasteiger partial charge in [0.1, 0.15) is 0 Å². The maximum atomic E-state index is 11.4. The molecule has 1 aromatic carbocycles. The lowest BCUT2D eigenvalue weighted by Crippen LogP contribution is -2.32. The van der Waals surface area contributed by atoms with Crippen LogP contribution >= 0.6 is 0 Å². The van der Waals surface area contributed by atoms with Gasteiger partial charge in [0, 0.05) is 12.2 Å². The Hall–Kier alpha value is -1.07. The number of nitrogen functional groups attached to an aromatic ring is 1. The molecule has 5 heteroatoms. The van der Waals surface area contributed by atoms with Crippen molar-refractivity contribution >= 4 is 15.7 Å². The summed E-state index contributed by atoms with van der Waals surface area (Å²) in [7, 11) is -3.15. The summed E-state index contributed by atoms with van der Waals surface area (Å²) in [4.78, 5) is 0. The van der Waals surface area contributed by atoms with E-state index in [1.807, 2.05) is 24.3 Å². The number of nitrogens with two attached hydrogens (primary N) is 1. The third kappa shape index (κ3) is 3.83. The molecule has 1 aromatic rings. The summed E-state index contributed by atoms with van der Waals surface area (Å²) in [5, 5.41) is -0.390. The van der Waals surface area contributed by atoms with E-state index >= 15 is 0 Å². The third-order valence-electron chi connectivity index (χ3n) is 2.32. The normalized spacial score (nSPS) is 11.9. The van der Waals surface area contributed by atoms with Crippen molar-refractivity contribution in [3.05, 3.63) is 29.8 Å². The maximum absolute atomic E-state index is 11.4. The number of sulfonamides is 1. The highest BCUT2D eigenvalue weighted by atomic mass is 32.2. The van der Waals surface area contributed by atoms with Gasteiger partial charge in [-0.05, 0) is 38.0 Å². The zero-order valence-corrected chi connectivity index (χ0v) is 10.4. The van der Waals surface area contributed by atoms with Crippen molar-refractivity contribution in [2.75, 3.05) is 12.3 Å². The number of benzene rings is 1. The van der Waals surface area contributed by atoms with E-state index in [2.05, 4.69) is 4.72 Å². The summed E-state index contributed by atoms with van der Waals surface area (Å²) in [5.74, 6) is 0. The first-order valence-electron chi connectivity index (χ1n) is 5.25. The Morgan fingerprint density at radius 3 is 2.31 bits per heavy atom. The highest BCUT2D eigenvalue weighted by Crippen LogP contribution is 2.06. The van der Waals surface area contributed by atoms with E-state index in [0.717, 1.165) is 5.56 Å². The standard InChI is InChI=1S/C11H18N2O2S/c1-9(2)16(14,15)13-8-7-10-3-5-11(12)6-4-10/h3-6,9,13H,7-8,12H2,1-2H3. The molecule has 0 heterocycles. The Bertz CT molecular complexity index is 424. The summed E-state index contributed by atoms with van der Waals surface area (Å²) < 4.78 is 25.4. The zero-order valence-electron chi connectivity index (χ0n) is 9.60. The number of anilines is 1. The Morgan fingerprint density at radius 2 is 1.81 bits per heavy atom. The van der Waals surface area contributed by atoms with E-state index in [1.54, 1.807) is 13.8 Å². The second kappa shape index (κ2) is 5.32. The van der Waals surface area contributed by atoms with E-state index in [-0.39, 0.29) is 5.25 Å². The summed E-state index contributed by atoms with van der Waals surface area (Å²) in [6.07, 6.45) is 0.673. The minimum atomic E-state index is -3.15. The fourth-order valence-corrected chi connectivity index (χ4v) is 1.91. The molecule has 0 saturated carbocycles. The van der Waals surface area contributed by atoms with Gasteiger partial charge in [0.25, 0.3) is 0 Å². The van der Waals surface area contributed by atoms with Crippen LogP contribution in [-0.4, -0.2) is 20.2 Å². The van der Waals surface area contributed by atoms with Gasteiger partial charge in [-0.3, -0.25) is 0 Å². The van der Waals surface area contributed by atoms with Crippen molar-refractivity contribution in [3.8, 4) is 0 Å². The monoisotopic (exact) mass is 242 g/mol. The first-order chi connectivity index (χ1) is 7.42. The van der Waals surface area contributed by atoms with Crippen LogP contribution < -0.4 is 10.5 Å². The van der Waals surface area contributed by atoms with Crippen LogP contribution in [-0.2, 0) is 16.4 Å². The largest absolute Gasteiger partial charge is 0.399 e. The molecule has 0 atom stereocenters. The van der Waals surface area contributed by atoms with Crippen LogP contribution in [0.5, 0.6) is 0 Å². The SMILES string of the molecule is CC(C)S(=O)(=O)NCCc1ccc(N)cc1. The average molecular weight is 242 g/mol. The molecule has 0 radical (unpaired) electrons. The fraction of sp³-hybridized carbons (Fsp3) is 0.455. The lowest BCUT2D eigenvalue weighted by atomic mass is 10.1. The van der Waals surface area contributed by atoms with E-state index in [0.29, 0.717) is 18.7 Å². The first kappa shape index (κ1) is 13.0. The van der Waals surface area contributed by atoms with Gasteiger partial charge in [0.15, 0.2) is 0 Å². The Kier molecular flexibility index (Phi) is 4.32. The van der Waals surface area contributed by atoms with E-state index in [4.69, 9.17) is 5.73 Å². The molecule has 4 nitrogen and oxygen atoms in total. The van der Waals surface area contributed by atoms with E-state index in [1.165, 1.54) is 0 Å². The van der Waals surface area contributed by atoms with Gasteiger partial charge in [-0.1, -0.05) is 12.1 Å². The first-order valence-corrected chi connectivity index (χ1v) is 6.79. The molecule has 0 saturated heterocycles. The molecular weight excluding hydrogens is 224 g/mol. The molecule has 0 fully saturated rings. The van der Waals surface area contributed by atoms with Crippen LogP contribution in [0.4, 0.5) is 5.69 Å². The minimum Gasteiger partial charge on any atom is -0.399 e. The molecule has 0 spiro atoms. The quantitative estimate of drug-likeness (QED) is 0.760. The number of hydrogen-bond acceptors (Lipinski definition) is 3. The van der Waals surface area contributed by atoms with Crippen molar-refractivity contribution < 1.29 is 8.42 Å². The number of nitrogens with one attached hydrogen (secondary N) is 1. The molecule has 16 heavy (non-hydrogen) atoms. The van der Waals surface area contributed by atoms with Crippen molar-refractivity contribution in [2.24, 2.45) is 0 Å². The van der Waals surface area contributed by atoms with Crippen molar-refractivity contribution in [3.63, 3.8) is 0 Å². The van der Waals surface area contributed by atoms with Gasteiger partial charge < -0.3 is 5.73 Å². The maximum Gasteiger partial charge on any atom is 0.213 e. The topological polar surface area (TPSA) is 72.2 Å². The van der Waals surface area contributed by atoms with Crippen molar-refractivity contribution in [1.29, 1.82) is 0 Å². The summed E-state index contributed by atoms with van der Waals surface area (Å²) in [6, 6.07) is 7.43. The van der Waals surface area contributed by atoms with Gasteiger partial charge in [0.2, 0.25) is 10.0 Å². The van der Waals surface area contributed by atoms with Gasteiger partial charge in [-0.2, -0.15) is 0 Å². The van der Waals surface area contributed by atoms with Crippen LogP contribution in [0, 0.1) is 0 Å². The molecule has 1 rings (SSSR count). The smallest absolute Gasteiger partial charge is 0.213 e. The molecule has 0 amide bonds. The predicted octanol–water partition coefficient (Wildman–Crippen LogP) is 1.14. The highest BCUT2D eigenvalue weighted by molar-refractivity contribution is 7.90. The van der Waals surface area contributed by atoms with Crippen LogP contribution in [0.1, 0.15) is 19.4 Å². The summed E-state index contributed by atoms with van der Waals surface area (Å²) >= 11 is 0. The van der Waals surface area contributed by atoms with Crippen LogP contribution in [0.25, 0.3) is 0 Å². The minimum absolute atomic E-state index is 0.390. The van der Waals surface area contributed by atoms with Gasteiger partial charge in [-0.15, -0.1) is 0 Å². The van der Waals surface area contributed by atoms with Crippen LogP contribution in [0.3, 0.4) is 0 Å². The molecule has 0 aromatic heterocycles. The van der Waals surface area contributed by atoms with E-state index in [9.17, 15) is 8.42 Å². The van der Waals surface area contributed by atoms with Crippen LogP contribution in [0.15, 0.2) is 24.3 Å².